The van der Waals surface area contributed by atoms with E-state index < -0.39 is 0 Å². The third-order valence-corrected chi connectivity index (χ3v) is 8.82. The van der Waals surface area contributed by atoms with Crippen molar-refractivity contribution in [3.05, 3.63) is 77.5 Å². The van der Waals surface area contributed by atoms with Crippen molar-refractivity contribution in [3.8, 4) is 11.4 Å². The summed E-state index contributed by atoms with van der Waals surface area (Å²) in [5, 5.41) is 3.74. The number of benzene rings is 2. The van der Waals surface area contributed by atoms with Gasteiger partial charge in [0.25, 0.3) is 0 Å². The van der Waals surface area contributed by atoms with Crippen LogP contribution in [-0.2, 0) is 5.41 Å². The standard InChI is InChI=1S/C31H38N4/c1-19(2)22-12-11-13-23(20(3)4)27(22)29-32-18-26-28(34-29)33-25-15-10-9-14-24(25)31(7)17-16-30(31,6)21(5)35(26)8/h9-21H,1-8H3,(H,32,33,34). The maximum Gasteiger partial charge on any atom is 0.162 e. The molecule has 3 unspecified atom stereocenters. The van der Waals surface area contributed by atoms with Crippen molar-refractivity contribution < 1.29 is 0 Å². The normalized spacial score (nSPS) is 25.1. The molecule has 0 amide bonds. The molecule has 2 aliphatic rings. The fourth-order valence-corrected chi connectivity index (χ4v) is 5.99. The Morgan fingerprint density at radius 2 is 1.57 bits per heavy atom. The second-order valence-electron chi connectivity index (χ2n) is 11.3. The number of anilines is 3. The Morgan fingerprint density at radius 1 is 0.914 bits per heavy atom. The van der Waals surface area contributed by atoms with Crippen molar-refractivity contribution in [3.63, 3.8) is 0 Å². The first kappa shape index (κ1) is 23.6. The van der Waals surface area contributed by atoms with Crippen molar-refractivity contribution in [2.45, 2.75) is 71.8 Å². The average molecular weight is 467 g/mol. The maximum absolute atomic E-state index is 5.23. The highest BCUT2D eigenvalue weighted by Crippen LogP contribution is 2.57. The van der Waals surface area contributed by atoms with Gasteiger partial charge < -0.3 is 10.2 Å². The summed E-state index contributed by atoms with van der Waals surface area (Å²) in [6.07, 6.45) is 6.75. The van der Waals surface area contributed by atoms with Crippen LogP contribution in [0.15, 0.2) is 60.8 Å². The minimum absolute atomic E-state index is 0.0190. The molecule has 0 saturated heterocycles. The maximum atomic E-state index is 5.23. The van der Waals surface area contributed by atoms with Gasteiger partial charge in [0.1, 0.15) is 0 Å². The number of allylic oxidation sites excluding steroid dienone is 1. The van der Waals surface area contributed by atoms with Gasteiger partial charge in [0.05, 0.1) is 11.9 Å². The summed E-state index contributed by atoms with van der Waals surface area (Å²) >= 11 is 0. The van der Waals surface area contributed by atoms with Crippen LogP contribution in [0.3, 0.4) is 0 Å². The van der Waals surface area contributed by atoms with Crippen molar-refractivity contribution in [1.82, 2.24) is 9.97 Å². The molecule has 35 heavy (non-hydrogen) atoms. The second-order valence-corrected chi connectivity index (χ2v) is 11.3. The van der Waals surface area contributed by atoms with Crippen LogP contribution in [0.25, 0.3) is 11.4 Å². The minimum Gasteiger partial charge on any atom is -0.367 e. The first-order chi connectivity index (χ1) is 16.6. The molecular weight excluding hydrogens is 428 g/mol. The van der Waals surface area contributed by atoms with Crippen LogP contribution in [0.1, 0.15) is 77.0 Å². The van der Waals surface area contributed by atoms with E-state index in [0.29, 0.717) is 11.8 Å². The van der Waals surface area contributed by atoms with Gasteiger partial charge in [-0.15, -0.1) is 0 Å². The zero-order valence-corrected chi connectivity index (χ0v) is 22.3. The van der Waals surface area contributed by atoms with E-state index in [1.54, 1.807) is 0 Å². The topological polar surface area (TPSA) is 41.1 Å². The van der Waals surface area contributed by atoms with E-state index in [-0.39, 0.29) is 16.9 Å². The fraction of sp³-hybridized carbons (Fsp3) is 0.419. The Morgan fingerprint density at radius 3 is 2.17 bits per heavy atom. The van der Waals surface area contributed by atoms with Crippen molar-refractivity contribution in [1.29, 1.82) is 0 Å². The van der Waals surface area contributed by atoms with E-state index >= 15 is 0 Å². The van der Waals surface area contributed by atoms with Gasteiger partial charge in [-0.2, -0.15) is 0 Å². The van der Waals surface area contributed by atoms with E-state index in [1.165, 1.54) is 22.3 Å². The Balaban J connectivity index is 1.74. The molecule has 2 heterocycles. The second kappa shape index (κ2) is 8.22. The molecule has 0 saturated carbocycles. The van der Waals surface area contributed by atoms with Gasteiger partial charge in [0.2, 0.25) is 0 Å². The molecule has 1 N–H and O–H groups in total. The number of nitrogens with one attached hydrogen (secondary N) is 1. The number of fused-ring (bicyclic) bond motifs is 4. The van der Waals surface area contributed by atoms with Crippen LogP contribution in [0, 0.1) is 5.41 Å². The van der Waals surface area contributed by atoms with E-state index in [0.717, 1.165) is 23.0 Å². The van der Waals surface area contributed by atoms with Gasteiger partial charge in [0.15, 0.2) is 11.6 Å². The molecule has 5 rings (SSSR count). The van der Waals surface area contributed by atoms with Gasteiger partial charge in [-0.3, -0.25) is 0 Å². The average Bonchev–Trinajstić information content (AvgIpc) is 2.86. The summed E-state index contributed by atoms with van der Waals surface area (Å²) in [5.41, 5.74) is 7.12. The Labute approximate surface area is 210 Å². The van der Waals surface area contributed by atoms with Crippen LogP contribution in [0.5, 0.6) is 0 Å². The molecule has 0 spiro atoms. The molecule has 3 aromatic rings. The summed E-state index contributed by atoms with van der Waals surface area (Å²) < 4.78 is 0. The van der Waals surface area contributed by atoms with Crippen LogP contribution >= 0.6 is 0 Å². The number of para-hydroxylation sites is 1. The number of rotatable bonds is 3. The lowest BCUT2D eigenvalue weighted by atomic mass is 9.51. The van der Waals surface area contributed by atoms with Crippen LogP contribution in [-0.4, -0.2) is 23.1 Å². The van der Waals surface area contributed by atoms with E-state index in [9.17, 15) is 0 Å². The van der Waals surface area contributed by atoms with Gasteiger partial charge in [-0.1, -0.05) is 90.1 Å². The smallest absolute Gasteiger partial charge is 0.162 e. The first-order valence-electron chi connectivity index (χ1n) is 12.9. The quantitative estimate of drug-likeness (QED) is 0.400. The summed E-state index contributed by atoms with van der Waals surface area (Å²) in [4.78, 5) is 12.6. The molecule has 4 heteroatoms. The lowest BCUT2D eigenvalue weighted by molar-refractivity contribution is 0.187. The minimum atomic E-state index is -0.0718. The van der Waals surface area contributed by atoms with Gasteiger partial charge in [-0.05, 0) is 41.5 Å². The Kier molecular flexibility index (Phi) is 5.54. The number of hydrogen-bond acceptors (Lipinski definition) is 4. The summed E-state index contributed by atoms with van der Waals surface area (Å²) in [6.45, 7) is 16.0. The molecule has 1 aromatic heterocycles. The lowest BCUT2D eigenvalue weighted by Crippen LogP contribution is -2.56. The SMILES string of the molecule is CC(C)c1cccc(C(C)C)c1-c1ncc2c(n1)Nc1ccccc1C1(C)C=CC1(C)C(C)N2C. The van der Waals surface area contributed by atoms with E-state index in [4.69, 9.17) is 9.97 Å². The fourth-order valence-electron chi connectivity index (χ4n) is 5.99. The van der Waals surface area contributed by atoms with E-state index in [1.807, 2.05) is 6.20 Å². The van der Waals surface area contributed by atoms with Crippen molar-refractivity contribution in [2.24, 2.45) is 5.41 Å². The number of hydrogen-bond donors (Lipinski definition) is 1. The zero-order valence-electron chi connectivity index (χ0n) is 22.3. The van der Waals surface area contributed by atoms with Crippen LogP contribution < -0.4 is 10.2 Å². The van der Waals surface area contributed by atoms with Crippen molar-refractivity contribution >= 4 is 17.2 Å². The Bertz CT molecular complexity index is 1280. The zero-order chi connectivity index (χ0) is 25.1. The predicted molar refractivity (Wildman–Crippen MR) is 148 cm³/mol. The predicted octanol–water partition coefficient (Wildman–Crippen LogP) is 7.81. The molecule has 0 bridgehead atoms. The molecule has 1 aliphatic carbocycles. The molecular formula is C31H38N4. The van der Waals surface area contributed by atoms with E-state index in [2.05, 4.69) is 120 Å². The molecule has 0 fully saturated rings. The van der Waals surface area contributed by atoms with Crippen LogP contribution in [0.2, 0.25) is 0 Å². The van der Waals surface area contributed by atoms with Gasteiger partial charge in [-0.25, -0.2) is 9.97 Å². The Hall–Kier alpha value is -3.14. The highest BCUT2D eigenvalue weighted by atomic mass is 15.2. The molecule has 1 aliphatic heterocycles. The number of nitrogens with zero attached hydrogens (tertiary/aromatic N) is 3. The third kappa shape index (κ3) is 3.41. The molecule has 3 atom stereocenters. The summed E-state index contributed by atoms with van der Waals surface area (Å²) in [6, 6.07) is 15.5. The van der Waals surface area contributed by atoms with Crippen molar-refractivity contribution in [2.75, 3.05) is 17.3 Å². The number of aromatic nitrogens is 2. The summed E-state index contributed by atoms with van der Waals surface area (Å²) in [7, 11) is 2.17. The highest BCUT2D eigenvalue weighted by molar-refractivity contribution is 5.78. The first-order valence-corrected chi connectivity index (χ1v) is 12.9. The third-order valence-electron chi connectivity index (χ3n) is 8.82. The van der Waals surface area contributed by atoms with Gasteiger partial charge in [0, 0.05) is 35.2 Å². The molecule has 0 radical (unpaired) electrons. The van der Waals surface area contributed by atoms with Crippen LogP contribution in [0.4, 0.5) is 17.2 Å². The highest BCUT2D eigenvalue weighted by Gasteiger charge is 2.54. The molecule has 2 aromatic carbocycles. The lowest BCUT2D eigenvalue weighted by Gasteiger charge is -2.55. The summed E-state index contributed by atoms with van der Waals surface area (Å²) in [5.74, 6) is 2.42. The molecule has 4 nitrogen and oxygen atoms in total. The monoisotopic (exact) mass is 466 g/mol. The van der Waals surface area contributed by atoms with Gasteiger partial charge >= 0.3 is 0 Å². The molecule has 182 valence electrons. The largest absolute Gasteiger partial charge is 0.367 e.